The summed E-state index contributed by atoms with van der Waals surface area (Å²) in [6, 6.07) is 5.43. The molecule has 0 aromatic heterocycles. The minimum Gasteiger partial charge on any atom is -0.448 e. The van der Waals surface area contributed by atoms with E-state index in [1.54, 1.807) is 6.07 Å². The van der Waals surface area contributed by atoms with Gasteiger partial charge in [0.2, 0.25) is 0 Å². The van der Waals surface area contributed by atoms with Crippen molar-refractivity contribution in [3.63, 3.8) is 0 Å². The van der Waals surface area contributed by atoms with Crippen LogP contribution in [0.15, 0.2) is 22.7 Å². The summed E-state index contributed by atoms with van der Waals surface area (Å²) in [4.78, 5) is 22.0. The number of halogens is 1. The fraction of sp³-hybridized carbons (Fsp3) is 0.273. The van der Waals surface area contributed by atoms with Gasteiger partial charge >= 0.3 is 6.09 Å². The third-order valence-electron chi connectivity index (χ3n) is 2.00. The SMILES string of the molecule is Cc1ccc(C(=O)NCCOC(N)=O)c(Br)c1. The number of rotatable bonds is 4. The lowest BCUT2D eigenvalue weighted by Gasteiger charge is -2.07. The van der Waals surface area contributed by atoms with E-state index in [4.69, 9.17) is 5.73 Å². The number of primary amides is 1. The number of carbonyl (C=O) groups is 2. The van der Waals surface area contributed by atoms with E-state index in [0.29, 0.717) is 5.56 Å². The van der Waals surface area contributed by atoms with Gasteiger partial charge < -0.3 is 15.8 Å². The number of amides is 2. The van der Waals surface area contributed by atoms with E-state index >= 15 is 0 Å². The molecule has 3 N–H and O–H groups in total. The number of carbonyl (C=O) groups excluding carboxylic acids is 2. The van der Waals surface area contributed by atoms with Crippen molar-refractivity contribution in [3.05, 3.63) is 33.8 Å². The quantitative estimate of drug-likeness (QED) is 0.828. The zero-order chi connectivity index (χ0) is 12.8. The van der Waals surface area contributed by atoms with Gasteiger partial charge in [-0.2, -0.15) is 0 Å². The Balaban J connectivity index is 2.50. The maximum atomic E-state index is 11.7. The van der Waals surface area contributed by atoms with Gasteiger partial charge in [0.05, 0.1) is 12.1 Å². The molecule has 1 aromatic rings. The Bertz CT molecular complexity index is 435. The van der Waals surface area contributed by atoms with Crippen LogP contribution in [0.5, 0.6) is 0 Å². The summed E-state index contributed by atoms with van der Waals surface area (Å²) in [7, 11) is 0. The highest BCUT2D eigenvalue weighted by Crippen LogP contribution is 2.17. The predicted octanol–water partition coefficient (Wildman–Crippen LogP) is 1.58. The number of hydrogen-bond donors (Lipinski definition) is 2. The van der Waals surface area contributed by atoms with Gasteiger partial charge in [-0.1, -0.05) is 6.07 Å². The first-order valence-corrected chi connectivity index (χ1v) is 5.76. The average Bonchev–Trinajstić information content (AvgIpc) is 2.23. The molecule has 0 fully saturated rings. The van der Waals surface area contributed by atoms with Crippen molar-refractivity contribution in [2.45, 2.75) is 6.92 Å². The monoisotopic (exact) mass is 300 g/mol. The van der Waals surface area contributed by atoms with Crippen molar-refractivity contribution in [3.8, 4) is 0 Å². The van der Waals surface area contributed by atoms with E-state index in [-0.39, 0.29) is 19.1 Å². The number of ether oxygens (including phenoxy) is 1. The molecule has 92 valence electrons. The standard InChI is InChI=1S/C11H13BrN2O3/c1-7-2-3-8(9(12)6-7)10(15)14-4-5-17-11(13)16/h2-3,6H,4-5H2,1H3,(H2,13,16)(H,14,15). The highest BCUT2D eigenvalue weighted by atomic mass is 79.9. The highest BCUT2D eigenvalue weighted by Gasteiger charge is 2.09. The largest absolute Gasteiger partial charge is 0.448 e. The third-order valence-corrected chi connectivity index (χ3v) is 2.66. The molecule has 0 bridgehead atoms. The molecule has 0 aliphatic carbocycles. The molecule has 0 spiro atoms. The molecule has 0 radical (unpaired) electrons. The first kappa shape index (κ1) is 13.5. The minimum atomic E-state index is -0.851. The second-order valence-electron chi connectivity index (χ2n) is 3.41. The molecule has 0 unspecified atom stereocenters. The first-order valence-electron chi connectivity index (χ1n) is 4.97. The first-order chi connectivity index (χ1) is 8.00. The van der Waals surface area contributed by atoms with Gasteiger partial charge in [0, 0.05) is 4.47 Å². The van der Waals surface area contributed by atoms with Gasteiger partial charge in [-0.15, -0.1) is 0 Å². The summed E-state index contributed by atoms with van der Waals surface area (Å²) in [5.74, 6) is -0.232. The number of benzene rings is 1. The highest BCUT2D eigenvalue weighted by molar-refractivity contribution is 9.10. The Morgan fingerprint density at radius 2 is 2.18 bits per heavy atom. The van der Waals surface area contributed by atoms with E-state index in [9.17, 15) is 9.59 Å². The van der Waals surface area contributed by atoms with Crippen molar-refractivity contribution in [1.82, 2.24) is 5.32 Å². The van der Waals surface area contributed by atoms with Crippen LogP contribution in [0.1, 0.15) is 15.9 Å². The maximum absolute atomic E-state index is 11.7. The second kappa shape index (κ2) is 6.24. The van der Waals surface area contributed by atoms with Gasteiger partial charge in [0.1, 0.15) is 6.61 Å². The second-order valence-corrected chi connectivity index (χ2v) is 4.26. The van der Waals surface area contributed by atoms with Gasteiger partial charge in [0.15, 0.2) is 0 Å². The van der Waals surface area contributed by atoms with Crippen LogP contribution in [0.3, 0.4) is 0 Å². The Morgan fingerprint density at radius 1 is 1.47 bits per heavy atom. The van der Waals surface area contributed by atoms with Crippen LogP contribution in [-0.4, -0.2) is 25.2 Å². The summed E-state index contributed by atoms with van der Waals surface area (Å²) >= 11 is 3.31. The molecule has 2 amide bonds. The Labute approximate surface area is 107 Å². The molecule has 1 aromatic carbocycles. The summed E-state index contributed by atoms with van der Waals surface area (Å²) in [5, 5.41) is 2.61. The Kier molecular flexibility index (Phi) is 4.96. The zero-order valence-corrected chi connectivity index (χ0v) is 10.9. The van der Waals surface area contributed by atoms with E-state index in [1.807, 2.05) is 19.1 Å². The minimum absolute atomic E-state index is 0.0601. The predicted molar refractivity (Wildman–Crippen MR) is 66.7 cm³/mol. The summed E-state index contributed by atoms with van der Waals surface area (Å²) < 4.78 is 5.22. The fourth-order valence-corrected chi connectivity index (χ4v) is 1.89. The molecule has 0 aliphatic heterocycles. The van der Waals surface area contributed by atoms with Crippen molar-refractivity contribution in [2.75, 3.05) is 13.2 Å². The molecule has 17 heavy (non-hydrogen) atoms. The maximum Gasteiger partial charge on any atom is 0.404 e. The molecule has 0 saturated heterocycles. The van der Waals surface area contributed by atoms with Gasteiger partial charge in [-0.05, 0) is 40.5 Å². The molecule has 6 heteroatoms. The normalized spacial score (nSPS) is 9.76. The summed E-state index contributed by atoms with van der Waals surface area (Å²) in [5.41, 5.74) is 6.38. The lowest BCUT2D eigenvalue weighted by molar-refractivity contribution is 0.0936. The van der Waals surface area contributed by atoms with Crippen molar-refractivity contribution >= 4 is 27.9 Å². The van der Waals surface area contributed by atoms with E-state index in [0.717, 1.165) is 10.0 Å². The number of aryl methyl sites for hydroxylation is 1. The lowest BCUT2D eigenvalue weighted by atomic mass is 10.1. The summed E-state index contributed by atoms with van der Waals surface area (Å²) in [6.07, 6.45) is -0.851. The fourth-order valence-electron chi connectivity index (χ4n) is 1.22. The van der Waals surface area contributed by atoms with Crippen LogP contribution in [0, 0.1) is 6.92 Å². The van der Waals surface area contributed by atoms with Crippen LogP contribution in [0.25, 0.3) is 0 Å². The molecule has 0 atom stereocenters. The molecular weight excluding hydrogens is 288 g/mol. The van der Waals surface area contributed by atoms with Crippen molar-refractivity contribution < 1.29 is 14.3 Å². The molecular formula is C11H13BrN2O3. The Hall–Kier alpha value is -1.56. The molecule has 0 saturated carbocycles. The average molecular weight is 301 g/mol. The third kappa shape index (κ3) is 4.44. The van der Waals surface area contributed by atoms with E-state index < -0.39 is 6.09 Å². The van der Waals surface area contributed by atoms with Crippen molar-refractivity contribution in [2.24, 2.45) is 5.73 Å². The summed E-state index contributed by atoms with van der Waals surface area (Å²) in [6.45, 7) is 2.22. The molecule has 0 aliphatic rings. The van der Waals surface area contributed by atoms with Crippen LogP contribution in [0.2, 0.25) is 0 Å². The van der Waals surface area contributed by atoms with Crippen LogP contribution >= 0.6 is 15.9 Å². The number of nitrogens with one attached hydrogen (secondary N) is 1. The zero-order valence-electron chi connectivity index (χ0n) is 9.33. The lowest BCUT2D eigenvalue weighted by Crippen LogP contribution is -2.29. The van der Waals surface area contributed by atoms with Crippen LogP contribution < -0.4 is 11.1 Å². The molecule has 0 heterocycles. The van der Waals surface area contributed by atoms with Gasteiger partial charge in [-0.3, -0.25) is 4.79 Å². The number of hydrogen-bond acceptors (Lipinski definition) is 3. The van der Waals surface area contributed by atoms with Crippen molar-refractivity contribution in [1.29, 1.82) is 0 Å². The smallest absolute Gasteiger partial charge is 0.404 e. The van der Waals surface area contributed by atoms with E-state index in [2.05, 4.69) is 26.0 Å². The molecule has 5 nitrogen and oxygen atoms in total. The van der Waals surface area contributed by atoms with Gasteiger partial charge in [-0.25, -0.2) is 4.79 Å². The van der Waals surface area contributed by atoms with E-state index in [1.165, 1.54) is 0 Å². The van der Waals surface area contributed by atoms with Gasteiger partial charge in [0.25, 0.3) is 5.91 Å². The topological polar surface area (TPSA) is 81.4 Å². The van der Waals surface area contributed by atoms with Crippen LogP contribution in [-0.2, 0) is 4.74 Å². The Morgan fingerprint density at radius 3 is 2.76 bits per heavy atom. The number of nitrogens with two attached hydrogens (primary N) is 1. The molecule has 1 rings (SSSR count). The van der Waals surface area contributed by atoms with Crippen LogP contribution in [0.4, 0.5) is 4.79 Å².